The molecule has 0 heterocycles. The molecule has 1 aliphatic carbocycles. The molecule has 0 aromatic heterocycles. The van der Waals surface area contributed by atoms with Crippen molar-refractivity contribution < 1.29 is 0 Å². The van der Waals surface area contributed by atoms with Crippen molar-refractivity contribution in [1.82, 2.24) is 0 Å². The molecule has 1 heteroatoms. The first-order chi connectivity index (χ1) is 4.83. The minimum atomic E-state index is 0.592. The molecule has 0 aliphatic heterocycles. The maximum Gasteiger partial charge on any atom is 0.00909 e. The summed E-state index contributed by atoms with van der Waals surface area (Å²) in [5.41, 5.74) is 0.592. The fourth-order valence-electron chi connectivity index (χ4n) is 1.48. The Bertz CT molecular complexity index is 123. The predicted molar refractivity (Wildman–Crippen MR) is 49.5 cm³/mol. The number of rotatable bonds is 2. The van der Waals surface area contributed by atoms with E-state index in [-0.39, 0.29) is 0 Å². The van der Waals surface area contributed by atoms with Crippen LogP contribution in [-0.2, 0) is 0 Å². The first-order valence-electron chi connectivity index (χ1n) is 4.04. The van der Waals surface area contributed by atoms with Gasteiger partial charge in [0.25, 0.3) is 0 Å². The second kappa shape index (κ2) is 3.56. The zero-order chi connectivity index (χ0) is 7.45. The van der Waals surface area contributed by atoms with E-state index in [1.807, 2.05) is 0 Å². The van der Waals surface area contributed by atoms with Crippen molar-refractivity contribution in [2.24, 2.45) is 5.41 Å². The van der Waals surface area contributed by atoms with Gasteiger partial charge in [0.15, 0.2) is 0 Å². The van der Waals surface area contributed by atoms with Gasteiger partial charge in [-0.15, -0.1) is 0 Å². The second-order valence-electron chi connectivity index (χ2n) is 3.20. The van der Waals surface area contributed by atoms with Crippen molar-refractivity contribution in [3.05, 3.63) is 12.2 Å². The van der Waals surface area contributed by atoms with Gasteiger partial charge in [-0.25, -0.2) is 0 Å². The molecule has 0 radical (unpaired) electrons. The topological polar surface area (TPSA) is 0 Å². The summed E-state index contributed by atoms with van der Waals surface area (Å²) in [7, 11) is 0. The molecule has 1 aliphatic rings. The van der Waals surface area contributed by atoms with Crippen LogP contribution in [0.25, 0.3) is 0 Å². The molecule has 1 unspecified atom stereocenters. The van der Waals surface area contributed by atoms with Gasteiger partial charge in [-0.3, -0.25) is 0 Å². The van der Waals surface area contributed by atoms with Crippen LogP contribution in [0.15, 0.2) is 12.2 Å². The van der Waals surface area contributed by atoms with E-state index in [1.165, 1.54) is 31.0 Å². The first kappa shape index (κ1) is 8.32. The van der Waals surface area contributed by atoms with E-state index in [4.69, 9.17) is 0 Å². The van der Waals surface area contributed by atoms with Gasteiger partial charge in [0.05, 0.1) is 0 Å². The van der Waals surface area contributed by atoms with Crippen molar-refractivity contribution in [3.63, 3.8) is 0 Å². The third kappa shape index (κ3) is 1.63. The van der Waals surface area contributed by atoms with Crippen LogP contribution < -0.4 is 0 Å². The molecular weight excluding hydrogens is 188 g/mol. The molecule has 1 rings (SSSR count). The molecule has 58 valence electrons. The molecule has 0 aromatic carbocycles. The lowest BCUT2D eigenvalue weighted by molar-refractivity contribution is 0.291. The molecule has 0 N–H and O–H groups in total. The van der Waals surface area contributed by atoms with E-state index in [9.17, 15) is 0 Å². The smallest absolute Gasteiger partial charge is 0.00909 e. The van der Waals surface area contributed by atoms with Crippen molar-refractivity contribution in [2.75, 3.05) is 5.33 Å². The summed E-state index contributed by atoms with van der Waals surface area (Å²) >= 11 is 3.59. The third-order valence-electron chi connectivity index (χ3n) is 2.59. The van der Waals surface area contributed by atoms with Crippen LogP contribution in [0.5, 0.6) is 0 Å². The molecule has 1 atom stereocenters. The lowest BCUT2D eigenvalue weighted by Gasteiger charge is -2.31. The van der Waals surface area contributed by atoms with Crippen LogP contribution in [0, 0.1) is 5.41 Å². The maximum atomic E-state index is 3.59. The second-order valence-corrected chi connectivity index (χ2v) is 3.76. The van der Waals surface area contributed by atoms with E-state index < -0.39 is 0 Å². The lowest BCUT2D eigenvalue weighted by Crippen LogP contribution is -2.22. The highest BCUT2D eigenvalue weighted by Crippen LogP contribution is 2.37. The monoisotopic (exact) mass is 202 g/mol. The number of halogens is 1. The average Bonchev–Trinajstić information content (AvgIpc) is 2.06. The van der Waals surface area contributed by atoms with Gasteiger partial charge in [-0.2, -0.15) is 0 Å². The van der Waals surface area contributed by atoms with E-state index >= 15 is 0 Å². The van der Waals surface area contributed by atoms with E-state index in [0.717, 1.165) is 0 Å². The van der Waals surface area contributed by atoms with Gasteiger partial charge in [-0.1, -0.05) is 35.0 Å². The van der Waals surface area contributed by atoms with E-state index in [2.05, 4.69) is 35.0 Å². The molecule has 0 saturated heterocycles. The van der Waals surface area contributed by atoms with Gasteiger partial charge in [0.1, 0.15) is 0 Å². The zero-order valence-corrected chi connectivity index (χ0v) is 8.15. The van der Waals surface area contributed by atoms with Crippen molar-refractivity contribution >= 4 is 15.9 Å². The Kier molecular flexibility index (Phi) is 2.96. The van der Waals surface area contributed by atoms with Crippen LogP contribution in [0.3, 0.4) is 0 Å². The zero-order valence-electron chi connectivity index (χ0n) is 6.57. The molecule has 0 bridgehead atoms. The summed E-state index contributed by atoms with van der Waals surface area (Å²) in [6.07, 6.45) is 9.85. The summed E-state index contributed by atoms with van der Waals surface area (Å²) in [6, 6.07) is 0. The number of allylic oxidation sites excluding steroid dienone is 2. The highest BCUT2D eigenvalue weighted by Gasteiger charge is 2.26. The summed E-state index contributed by atoms with van der Waals surface area (Å²) in [5, 5.41) is 1.17. The Labute approximate surface area is 71.8 Å². The van der Waals surface area contributed by atoms with E-state index in [0.29, 0.717) is 5.41 Å². The Hall–Kier alpha value is 0.220. The molecule has 0 fully saturated rings. The highest BCUT2D eigenvalue weighted by molar-refractivity contribution is 9.09. The summed E-state index contributed by atoms with van der Waals surface area (Å²) in [6.45, 7) is 2.29. The van der Waals surface area contributed by atoms with Crippen molar-refractivity contribution in [3.8, 4) is 0 Å². The summed E-state index contributed by atoms with van der Waals surface area (Å²) in [4.78, 5) is 0. The van der Waals surface area contributed by atoms with Gasteiger partial charge in [0.2, 0.25) is 0 Å². The van der Waals surface area contributed by atoms with Crippen LogP contribution in [-0.4, -0.2) is 5.33 Å². The Morgan fingerprint density at radius 1 is 1.50 bits per heavy atom. The van der Waals surface area contributed by atoms with Gasteiger partial charge < -0.3 is 0 Å². The Balaban J connectivity index is 2.55. The first-order valence-corrected chi connectivity index (χ1v) is 5.16. The molecular formula is C9H15Br. The largest absolute Gasteiger partial charge is 0.0922 e. The van der Waals surface area contributed by atoms with Crippen LogP contribution in [0.1, 0.15) is 32.6 Å². The Morgan fingerprint density at radius 3 is 2.60 bits per heavy atom. The van der Waals surface area contributed by atoms with Crippen molar-refractivity contribution in [2.45, 2.75) is 32.6 Å². The van der Waals surface area contributed by atoms with Gasteiger partial charge in [0, 0.05) is 5.33 Å². The van der Waals surface area contributed by atoms with Gasteiger partial charge >= 0.3 is 0 Å². The third-order valence-corrected chi connectivity index (χ3v) is 3.78. The minimum Gasteiger partial charge on any atom is -0.0922 e. The molecule has 0 spiro atoms. The number of hydrogen-bond acceptors (Lipinski definition) is 0. The fraction of sp³-hybridized carbons (Fsp3) is 0.778. The van der Waals surface area contributed by atoms with Gasteiger partial charge in [-0.05, 0) is 31.1 Å². The maximum absolute atomic E-state index is 3.59. The summed E-state index contributed by atoms with van der Waals surface area (Å²) < 4.78 is 0. The van der Waals surface area contributed by atoms with E-state index in [1.54, 1.807) is 0 Å². The minimum absolute atomic E-state index is 0.592. The fourth-order valence-corrected chi connectivity index (χ4v) is 2.39. The molecule has 0 saturated carbocycles. The van der Waals surface area contributed by atoms with Crippen LogP contribution in [0.2, 0.25) is 0 Å². The predicted octanol–water partition coefficient (Wildman–Crippen LogP) is 3.52. The van der Waals surface area contributed by atoms with Crippen LogP contribution >= 0.6 is 15.9 Å². The lowest BCUT2D eigenvalue weighted by atomic mass is 9.77. The number of hydrogen-bond donors (Lipinski definition) is 0. The van der Waals surface area contributed by atoms with Crippen molar-refractivity contribution in [1.29, 1.82) is 0 Å². The van der Waals surface area contributed by atoms with Crippen LogP contribution in [0.4, 0.5) is 0 Å². The molecule has 0 nitrogen and oxygen atoms in total. The highest BCUT2D eigenvalue weighted by atomic mass is 79.9. The normalized spacial score (nSPS) is 32.6. The number of alkyl halides is 1. The Morgan fingerprint density at radius 2 is 2.30 bits per heavy atom. The molecule has 10 heavy (non-hydrogen) atoms. The SMILES string of the molecule is CCC1(CBr)CC=CCC1. The quantitative estimate of drug-likeness (QED) is 0.475. The molecule has 0 aromatic rings. The molecule has 0 amide bonds. The standard InChI is InChI=1S/C9H15Br/c1-2-9(8-10)6-4-3-5-7-9/h3-4H,2,5-8H2,1H3. The average molecular weight is 203 g/mol. The summed E-state index contributed by atoms with van der Waals surface area (Å²) in [5.74, 6) is 0.